The lowest BCUT2D eigenvalue weighted by molar-refractivity contribution is 0.689. The van der Waals surface area contributed by atoms with Gasteiger partial charge in [0.15, 0.2) is 0 Å². The Balaban J connectivity index is 1.93. The van der Waals surface area contributed by atoms with Crippen LogP contribution in [0.15, 0.2) is 36.7 Å². The lowest BCUT2D eigenvalue weighted by Gasteiger charge is -2.02. The van der Waals surface area contributed by atoms with Crippen molar-refractivity contribution in [3.05, 3.63) is 53.5 Å². The van der Waals surface area contributed by atoms with Crippen molar-refractivity contribution in [3.8, 4) is 11.3 Å². The molecule has 0 amide bonds. The second kappa shape index (κ2) is 5.09. The summed E-state index contributed by atoms with van der Waals surface area (Å²) in [6.07, 6.45) is 3.83. The molecule has 5 heteroatoms. The van der Waals surface area contributed by atoms with Gasteiger partial charge in [0.1, 0.15) is 5.69 Å². The second-order valence-corrected chi connectivity index (χ2v) is 5.42. The molecule has 21 heavy (non-hydrogen) atoms. The number of nitrogen functional groups attached to an aromatic ring is 1. The maximum absolute atomic E-state index is 6.11. The van der Waals surface area contributed by atoms with Crippen LogP contribution in [-0.2, 0) is 13.6 Å². The fraction of sp³-hybridized carbons (Fsp3) is 0.250. The number of aryl methyl sites for hydroxylation is 3. The predicted molar refractivity (Wildman–Crippen MR) is 83.9 cm³/mol. The number of hydrogen-bond donors (Lipinski definition) is 1. The number of benzene rings is 1. The van der Waals surface area contributed by atoms with Crippen LogP contribution in [0.1, 0.15) is 16.8 Å². The summed E-state index contributed by atoms with van der Waals surface area (Å²) < 4.78 is 3.66. The van der Waals surface area contributed by atoms with Gasteiger partial charge >= 0.3 is 0 Å². The Labute approximate surface area is 124 Å². The van der Waals surface area contributed by atoms with E-state index in [9.17, 15) is 0 Å². The average Bonchev–Trinajstić information content (AvgIpc) is 2.92. The Bertz CT molecular complexity index is 782. The molecule has 0 aliphatic heterocycles. The van der Waals surface area contributed by atoms with Gasteiger partial charge in [-0.25, -0.2) is 0 Å². The molecule has 3 rings (SSSR count). The molecule has 2 heterocycles. The first-order valence-corrected chi connectivity index (χ1v) is 6.92. The van der Waals surface area contributed by atoms with E-state index in [0.29, 0.717) is 12.2 Å². The van der Waals surface area contributed by atoms with Gasteiger partial charge in [0.05, 0.1) is 17.9 Å². The molecule has 1 aromatic carbocycles. The van der Waals surface area contributed by atoms with E-state index in [4.69, 9.17) is 5.73 Å². The van der Waals surface area contributed by atoms with Gasteiger partial charge in [-0.1, -0.05) is 29.8 Å². The fourth-order valence-electron chi connectivity index (χ4n) is 2.56. The minimum absolute atomic E-state index is 0.679. The SMILES string of the molecule is Cc1cccc(Cn2cc(N)c(-c3cn(C)nc3C)n2)c1. The molecule has 0 spiro atoms. The highest BCUT2D eigenvalue weighted by Crippen LogP contribution is 2.26. The van der Waals surface area contributed by atoms with Crippen molar-refractivity contribution in [2.45, 2.75) is 20.4 Å². The molecule has 0 unspecified atom stereocenters. The van der Waals surface area contributed by atoms with Crippen LogP contribution < -0.4 is 5.73 Å². The highest BCUT2D eigenvalue weighted by molar-refractivity contribution is 5.73. The van der Waals surface area contributed by atoms with Gasteiger partial charge in [-0.15, -0.1) is 0 Å². The predicted octanol–water partition coefficient (Wildman–Crippen LogP) is 2.53. The summed E-state index contributed by atoms with van der Waals surface area (Å²) in [7, 11) is 1.90. The third kappa shape index (κ3) is 2.67. The molecule has 0 saturated carbocycles. The third-order valence-electron chi connectivity index (χ3n) is 3.49. The molecule has 0 radical (unpaired) electrons. The Morgan fingerprint density at radius 1 is 1.14 bits per heavy atom. The monoisotopic (exact) mass is 281 g/mol. The van der Waals surface area contributed by atoms with Crippen LogP contribution in [0, 0.1) is 13.8 Å². The van der Waals surface area contributed by atoms with Crippen molar-refractivity contribution >= 4 is 5.69 Å². The van der Waals surface area contributed by atoms with E-state index in [1.165, 1.54) is 11.1 Å². The second-order valence-electron chi connectivity index (χ2n) is 5.42. The van der Waals surface area contributed by atoms with Gasteiger partial charge in [-0.3, -0.25) is 9.36 Å². The van der Waals surface area contributed by atoms with Crippen molar-refractivity contribution in [2.24, 2.45) is 7.05 Å². The standard InChI is InChI=1S/C16H19N5/c1-11-5-4-6-13(7-11)8-21-10-15(17)16(19-21)14-9-20(3)18-12(14)2/h4-7,9-10H,8,17H2,1-3H3. The molecule has 5 nitrogen and oxygen atoms in total. The molecule has 2 aromatic heterocycles. The Kier molecular flexibility index (Phi) is 3.25. The van der Waals surface area contributed by atoms with Gasteiger partial charge in [-0.05, 0) is 19.4 Å². The summed E-state index contributed by atoms with van der Waals surface area (Å²) in [5.74, 6) is 0. The van der Waals surface area contributed by atoms with Crippen LogP contribution >= 0.6 is 0 Å². The average molecular weight is 281 g/mol. The lowest BCUT2D eigenvalue weighted by atomic mass is 10.1. The largest absolute Gasteiger partial charge is 0.396 e. The first kappa shape index (κ1) is 13.4. The minimum atomic E-state index is 0.679. The van der Waals surface area contributed by atoms with Crippen molar-refractivity contribution in [2.75, 3.05) is 5.73 Å². The molecule has 108 valence electrons. The van der Waals surface area contributed by atoms with Crippen LogP contribution in [0.2, 0.25) is 0 Å². The smallest absolute Gasteiger partial charge is 0.119 e. The molecule has 2 N–H and O–H groups in total. The van der Waals surface area contributed by atoms with E-state index < -0.39 is 0 Å². The van der Waals surface area contributed by atoms with E-state index in [0.717, 1.165) is 17.0 Å². The Morgan fingerprint density at radius 2 is 1.95 bits per heavy atom. The van der Waals surface area contributed by atoms with Gasteiger partial charge in [0.25, 0.3) is 0 Å². The summed E-state index contributed by atoms with van der Waals surface area (Å²) in [6, 6.07) is 8.40. The molecular weight excluding hydrogens is 262 g/mol. The normalized spacial score (nSPS) is 11.0. The molecule has 3 aromatic rings. The van der Waals surface area contributed by atoms with Gasteiger partial charge in [-0.2, -0.15) is 10.2 Å². The number of rotatable bonds is 3. The van der Waals surface area contributed by atoms with Gasteiger partial charge < -0.3 is 5.73 Å². The fourth-order valence-corrected chi connectivity index (χ4v) is 2.56. The molecular formula is C16H19N5. The first-order valence-electron chi connectivity index (χ1n) is 6.92. The highest BCUT2D eigenvalue weighted by atomic mass is 15.3. The number of hydrogen-bond acceptors (Lipinski definition) is 3. The van der Waals surface area contributed by atoms with Crippen LogP contribution in [0.4, 0.5) is 5.69 Å². The molecule has 0 fully saturated rings. The Morgan fingerprint density at radius 3 is 2.62 bits per heavy atom. The zero-order valence-corrected chi connectivity index (χ0v) is 12.5. The van der Waals surface area contributed by atoms with E-state index in [1.54, 1.807) is 4.68 Å². The van der Waals surface area contributed by atoms with Gasteiger partial charge in [0.2, 0.25) is 0 Å². The Hall–Kier alpha value is -2.56. The van der Waals surface area contributed by atoms with Crippen molar-refractivity contribution in [1.82, 2.24) is 19.6 Å². The molecule has 0 bridgehead atoms. The van der Waals surface area contributed by atoms with Crippen molar-refractivity contribution in [1.29, 1.82) is 0 Å². The summed E-state index contributed by atoms with van der Waals surface area (Å²) >= 11 is 0. The van der Waals surface area contributed by atoms with Crippen LogP contribution in [0.3, 0.4) is 0 Å². The van der Waals surface area contributed by atoms with E-state index >= 15 is 0 Å². The van der Waals surface area contributed by atoms with Crippen molar-refractivity contribution < 1.29 is 0 Å². The molecule has 0 saturated heterocycles. The number of nitrogens with zero attached hydrogens (tertiary/aromatic N) is 4. The van der Waals surface area contributed by atoms with E-state index in [1.807, 2.05) is 31.0 Å². The summed E-state index contributed by atoms with van der Waals surface area (Å²) in [6.45, 7) is 4.77. The quantitative estimate of drug-likeness (QED) is 0.802. The first-order chi connectivity index (χ1) is 10.0. The summed E-state index contributed by atoms with van der Waals surface area (Å²) in [5, 5.41) is 8.96. The summed E-state index contributed by atoms with van der Waals surface area (Å²) in [5.41, 5.74) is 12.0. The number of anilines is 1. The van der Waals surface area contributed by atoms with E-state index in [2.05, 4.69) is 41.4 Å². The zero-order valence-electron chi connectivity index (χ0n) is 12.5. The molecule has 0 aliphatic carbocycles. The maximum atomic E-state index is 6.11. The molecule has 0 aliphatic rings. The number of nitrogens with two attached hydrogens (primary N) is 1. The van der Waals surface area contributed by atoms with E-state index in [-0.39, 0.29) is 0 Å². The maximum Gasteiger partial charge on any atom is 0.119 e. The third-order valence-corrected chi connectivity index (χ3v) is 3.49. The lowest BCUT2D eigenvalue weighted by Crippen LogP contribution is -2.00. The number of aromatic nitrogens is 4. The zero-order chi connectivity index (χ0) is 15.0. The highest BCUT2D eigenvalue weighted by Gasteiger charge is 2.13. The topological polar surface area (TPSA) is 61.7 Å². The van der Waals surface area contributed by atoms with Gasteiger partial charge in [0, 0.05) is 25.0 Å². The van der Waals surface area contributed by atoms with Crippen LogP contribution in [0.25, 0.3) is 11.3 Å². The van der Waals surface area contributed by atoms with Crippen LogP contribution in [-0.4, -0.2) is 19.6 Å². The summed E-state index contributed by atoms with van der Waals surface area (Å²) in [4.78, 5) is 0. The molecule has 0 atom stereocenters. The minimum Gasteiger partial charge on any atom is -0.396 e. The van der Waals surface area contributed by atoms with Crippen LogP contribution in [0.5, 0.6) is 0 Å². The van der Waals surface area contributed by atoms with Crippen molar-refractivity contribution in [3.63, 3.8) is 0 Å².